The van der Waals surface area contributed by atoms with Gasteiger partial charge in [0.2, 0.25) is 17.7 Å². The van der Waals surface area contributed by atoms with E-state index < -0.39 is 11.9 Å². The Morgan fingerprint density at radius 3 is 2.61 bits per heavy atom. The third kappa shape index (κ3) is 7.90. The number of para-hydroxylation sites is 2. The lowest BCUT2D eigenvalue weighted by Crippen LogP contribution is -2.52. The van der Waals surface area contributed by atoms with Gasteiger partial charge in [-0.1, -0.05) is 31.0 Å². The minimum absolute atomic E-state index is 0.153. The first-order valence-electron chi connectivity index (χ1n) is 18.5. The molecule has 4 amide bonds. The highest BCUT2D eigenvalue weighted by Crippen LogP contribution is 2.35. The summed E-state index contributed by atoms with van der Waals surface area (Å²) in [5.74, 6) is -0.0374. The lowest BCUT2D eigenvalue weighted by atomic mass is 9.82. The Kier molecular flexibility index (Phi) is 10.6. The average Bonchev–Trinajstić information content (AvgIpc) is 3.48. The highest BCUT2D eigenvalue weighted by atomic mass is 16.2. The van der Waals surface area contributed by atoms with Crippen LogP contribution in [0, 0.1) is 5.92 Å². The summed E-state index contributed by atoms with van der Waals surface area (Å²) in [6, 6.07) is 13.5. The molecule has 3 aromatic rings. The molecule has 3 fully saturated rings. The maximum atomic E-state index is 13.3. The van der Waals surface area contributed by atoms with Crippen LogP contribution in [0.5, 0.6) is 0 Å². The van der Waals surface area contributed by atoms with Crippen molar-refractivity contribution in [1.29, 1.82) is 0 Å². The van der Waals surface area contributed by atoms with Gasteiger partial charge in [0.05, 0.1) is 22.9 Å². The number of benzene rings is 2. The molecular formula is C39H48N8O4. The summed E-state index contributed by atoms with van der Waals surface area (Å²) in [6.07, 6.45) is 13.0. The Hall–Kier alpha value is -4.84. The summed E-state index contributed by atoms with van der Waals surface area (Å²) < 4.78 is 0. The van der Waals surface area contributed by atoms with E-state index in [0.717, 1.165) is 91.6 Å². The van der Waals surface area contributed by atoms with E-state index in [0.29, 0.717) is 43.5 Å². The molecular weight excluding hydrogens is 644 g/mol. The zero-order valence-corrected chi connectivity index (χ0v) is 29.1. The maximum absolute atomic E-state index is 13.3. The number of nitrogens with zero attached hydrogens (tertiary/aromatic N) is 4. The number of likely N-dealkylation sites (tertiary alicyclic amines) is 1. The molecule has 5 N–H and O–H groups in total. The summed E-state index contributed by atoms with van der Waals surface area (Å²) in [7, 11) is 0. The minimum atomic E-state index is -0.621. The van der Waals surface area contributed by atoms with Gasteiger partial charge in [-0.15, -0.1) is 0 Å². The van der Waals surface area contributed by atoms with Crippen LogP contribution in [0.4, 0.5) is 5.69 Å². The lowest BCUT2D eigenvalue weighted by molar-refractivity contribution is -0.137. The Labute approximate surface area is 298 Å². The van der Waals surface area contributed by atoms with Crippen LogP contribution in [0.3, 0.4) is 0 Å². The zero-order chi connectivity index (χ0) is 35.3. The van der Waals surface area contributed by atoms with E-state index in [4.69, 9.17) is 10.7 Å². The molecule has 0 radical (unpaired) electrons. The van der Waals surface area contributed by atoms with E-state index in [9.17, 15) is 19.2 Å². The smallest absolute Gasteiger partial charge is 0.255 e. The third-order valence-electron chi connectivity index (χ3n) is 11.1. The SMILES string of the molecule is NC/C(=C\NC1CCN(C(=O)CCCC2CCCC(Nc3cccc4c3CN(C3CCC(=O)NC3=O)C4=O)C2)CC1)c1cnc2ccccc2n1. The van der Waals surface area contributed by atoms with E-state index >= 15 is 0 Å². The van der Waals surface area contributed by atoms with Gasteiger partial charge >= 0.3 is 0 Å². The van der Waals surface area contributed by atoms with Crippen molar-refractivity contribution in [3.05, 3.63) is 71.7 Å². The number of aromatic nitrogens is 2. The molecule has 2 saturated heterocycles. The third-order valence-corrected chi connectivity index (χ3v) is 11.1. The van der Waals surface area contributed by atoms with Crippen molar-refractivity contribution in [2.75, 3.05) is 25.0 Å². The van der Waals surface area contributed by atoms with E-state index in [1.165, 1.54) is 6.42 Å². The lowest BCUT2D eigenvalue weighted by Gasteiger charge is -2.33. The quantitative estimate of drug-likeness (QED) is 0.217. The van der Waals surface area contributed by atoms with Crippen LogP contribution in [0.25, 0.3) is 16.6 Å². The van der Waals surface area contributed by atoms with Crippen LogP contribution < -0.4 is 21.7 Å². The average molecular weight is 693 g/mol. The number of piperidine rings is 2. The first kappa shape index (κ1) is 34.6. The molecule has 268 valence electrons. The first-order valence-corrected chi connectivity index (χ1v) is 18.5. The number of fused-ring (bicyclic) bond motifs is 2. The molecule has 3 atom stereocenters. The molecule has 1 saturated carbocycles. The Bertz CT molecular complexity index is 1820. The van der Waals surface area contributed by atoms with Crippen LogP contribution in [0.15, 0.2) is 54.9 Å². The number of nitrogens with one attached hydrogen (secondary N) is 3. The number of amides is 4. The van der Waals surface area contributed by atoms with E-state index in [1.807, 2.05) is 53.6 Å². The van der Waals surface area contributed by atoms with Crippen molar-refractivity contribution >= 4 is 45.9 Å². The standard InChI is InChI=1S/C39H48N8O4/c40-21-26(34-23-42-32-10-1-2-11-33(32)44-34)22-41-27-16-18-46(19-17-27)37(49)13-4-7-25-6-3-8-28(20-25)43-31-12-5-9-29-30(31)24-47(39(29)51)35-14-15-36(48)45-38(35)50/h1-2,5,9-12,22-23,25,27-28,35,41,43H,3-4,6-8,13-21,24,40H2,(H,45,48,50)/b26-22+. The van der Waals surface area contributed by atoms with Gasteiger partial charge in [-0.05, 0) is 75.1 Å². The molecule has 12 heteroatoms. The number of imide groups is 1. The number of anilines is 1. The van der Waals surface area contributed by atoms with Crippen molar-refractivity contribution < 1.29 is 19.2 Å². The second-order valence-corrected chi connectivity index (χ2v) is 14.4. The number of carbonyl (C=O) groups excluding carboxylic acids is 4. The number of rotatable bonds is 11. The van der Waals surface area contributed by atoms with Crippen molar-refractivity contribution in [3.8, 4) is 0 Å². The highest BCUT2D eigenvalue weighted by molar-refractivity contribution is 6.06. The van der Waals surface area contributed by atoms with Crippen LogP contribution in [0.1, 0.15) is 92.2 Å². The molecule has 0 spiro atoms. The molecule has 51 heavy (non-hydrogen) atoms. The van der Waals surface area contributed by atoms with Crippen molar-refractivity contribution in [1.82, 2.24) is 30.4 Å². The molecule has 12 nitrogen and oxygen atoms in total. The zero-order valence-electron chi connectivity index (χ0n) is 29.1. The summed E-state index contributed by atoms with van der Waals surface area (Å²) in [5, 5.41) is 9.63. The van der Waals surface area contributed by atoms with Crippen molar-refractivity contribution in [2.45, 2.75) is 95.3 Å². The summed E-state index contributed by atoms with van der Waals surface area (Å²) >= 11 is 0. The van der Waals surface area contributed by atoms with Gasteiger partial charge in [-0.25, -0.2) is 4.98 Å². The Balaban J connectivity index is 0.846. The molecule has 4 heterocycles. The second-order valence-electron chi connectivity index (χ2n) is 14.4. The molecule has 2 aromatic carbocycles. The number of hydrogen-bond donors (Lipinski definition) is 4. The van der Waals surface area contributed by atoms with Gasteiger partial charge in [0.25, 0.3) is 5.91 Å². The number of carbonyl (C=O) groups is 4. The molecule has 3 unspecified atom stereocenters. The van der Waals surface area contributed by atoms with E-state index in [1.54, 1.807) is 11.1 Å². The molecule has 1 aliphatic carbocycles. The van der Waals surface area contributed by atoms with E-state index in [-0.39, 0.29) is 30.2 Å². The summed E-state index contributed by atoms with van der Waals surface area (Å²) in [6.45, 7) is 2.22. The van der Waals surface area contributed by atoms with Crippen LogP contribution in [-0.4, -0.2) is 81.2 Å². The van der Waals surface area contributed by atoms with Crippen molar-refractivity contribution in [2.24, 2.45) is 11.7 Å². The van der Waals surface area contributed by atoms with Gasteiger partial charge in [0, 0.05) is 79.7 Å². The molecule has 0 bridgehead atoms. The Morgan fingerprint density at radius 1 is 0.980 bits per heavy atom. The van der Waals surface area contributed by atoms with Crippen LogP contribution >= 0.6 is 0 Å². The topological polar surface area (TPSA) is 163 Å². The molecule has 7 rings (SSSR count). The van der Waals surface area contributed by atoms with Gasteiger partial charge < -0.3 is 26.2 Å². The largest absolute Gasteiger partial charge is 0.388 e. The van der Waals surface area contributed by atoms with Gasteiger partial charge in [0.15, 0.2) is 0 Å². The fraction of sp³-hybridized carbons (Fsp3) is 0.487. The first-order chi connectivity index (χ1) is 24.9. The summed E-state index contributed by atoms with van der Waals surface area (Å²) in [5.41, 5.74) is 11.9. The normalized spacial score (nSPS) is 23.0. The Morgan fingerprint density at radius 2 is 1.80 bits per heavy atom. The van der Waals surface area contributed by atoms with Crippen LogP contribution in [0.2, 0.25) is 0 Å². The van der Waals surface area contributed by atoms with Gasteiger partial charge in [0.1, 0.15) is 6.04 Å². The summed E-state index contributed by atoms with van der Waals surface area (Å²) in [4.78, 5) is 63.4. The predicted octanol–water partition coefficient (Wildman–Crippen LogP) is 4.11. The number of nitrogens with two attached hydrogens (primary N) is 1. The number of hydrogen-bond acceptors (Lipinski definition) is 9. The fourth-order valence-corrected chi connectivity index (χ4v) is 8.19. The second kappa shape index (κ2) is 15.6. The fourth-order valence-electron chi connectivity index (χ4n) is 8.19. The van der Waals surface area contributed by atoms with E-state index in [2.05, 4.69) is 20.9 Å². The maximum Gasteiger partial charge on any atom is 0.255 e. The van der Waals surface area contributed by atoms with Crippen LogP contribution in [-0.2, 0) is 20.9 Å². The highest BCUT2D eigenvalue weighted by Gasteiger charge is 2.40. The molecule has 1 aromatic heterocycles. The van der Waals surface area contributed by atoms with Crippen molar-refractivity contribution in [3.63, 3.8) is 0 Å². The van der Waals surface area contributed by atoms with Gasteiger partial charge in [-0.3, -0.25) is 29.5 Å². The minimum Gasteiger partial charge on any atom is -0.388 e. The molecule has 3 aliphatic heterocycles. The van der Waals surface area contributed by atoms with Gasteiger partial charge in [-0.2, -0.15) is 0 Å². The monoisotopic (exact) mass is 692 g/mol. The molecule has 4 aliphatic rings. The predicted molar refractivity (Wildman–Crippen MR) is 195 cm³/mol.